The summed E-state index contributed by atoms with van der Waals surface area (Å²) in [5, 5.41) is 0. The summed E-state index contributed by atoms with van der Waals surface area (Å²) in [5.41, 5.74) is 0.147. The van der Waals surface area contributed by atoms with Crippen molar-refractivity contribution >= 4 is 5.97 Å². The van der Waals surface area contributed by atoms with Gasteiger partial charge in [-0.05, 0) is 39.0 Å². The lowest BCUT2D eigenvalue weighted by molar-refractivity contribution is -0.154. The van der Waals surface area contributed by atoms with Gasteiger partial charge in [-0.2, -0.15) is 0 Å². The van der Waals surface area contributed by atoms with Crippen molar-refractivity contribution in [1.29, 1.82) is 0 Å². The average molecular weight is 226 g/mol. The first-order chi connectivity index (χ1) is 7.30. The molecule has 0 radical (unpaired) electrons. The molecule has 16 heavy (non-hydrogen) atoms. The van der Waals surface area contributed by atoms with Gasteiger partial charge in [-0.1, -0.05) is 33.8 Å². The Morgan fingerprint density at radius 3 is 2.38 bits per heavy atom. The van der Waals surface area contributed by atoms with Crippen molar-refractivity contribution in [1.82, 2.24) is 0 Å². The molecule has 0 aliphatic rings. The smallest absolute Gasteiger partial charge is 0.333 e. The molecule has 0 N–H and O–H groups in total. The number of hydrogen-bond donors (Lipinski definition) is 0. The number of hydrogen-bond acceptors (Lipinski definition) is 2. The summed E-state index contributed by atoms with van der Waals surface area (Å²) in [6, 6.07) is 0. The number of esters is 1. The lowest BCUT2D eigenvalue weighted by Crippen LogP contribution is -2.31. The molecule has 0 spiro atoms. The summed E-state index contributed by atoms with van der Waals surface area (Å²) in [4.78, 5) is 11.5. The van der Waals surface area contributed by atoms with Gasteiger partial charge in [-0.25, -0.2) is 4.79 Å². The molecule has 1 atom stereocenters. The molecule has 0 aromatic rings. The Morgan fingerprint density at radius 2 is 2.00 bits per heavy atom. The lowest BCUT2D eigenvalue weighted by Gasteiger charge is -2.28. The SMILES string of the molecule is C=C(C)C(=O)OC(C)(CC)CCCC(C)C. The fourth-order valence-corrected chi connectivity index (χ4v) is 1.50. The van der Waals surface area contributed by atoms with Crippen molar-refractivity contribution in [3.05, 3.63) is 12.2 Å². The zero-order chi connectivity index (χ0) is 12.8. The molecule has 0 heterocycles. The Labute approximate surface area is 100 Å². The molecule has 0 aliphatic carbocycles. The van der Waals surface area contributed by atoms with Crippen LogP contribution in [0.4, 0.5) is 0 Å². The van der Waals surface area contributed by atoms with Gasteiger partial charge in [0.25, 0.3) is 0 Å². The highest BCUT2D eigenvalue weighted by Crippen LogP contribution is 2.25. The van der Waals surface area contributed by atoms with Crippen molar-refractivity contribution in [2.24, 2.45) is 5.92 Å². The quantitative estimate of drug-likeness (QED) is 0.482. The van der Waals surface area contributed by atoms with E-state index in [1.807, 2.05) is 6.92 Å². The van der Waals surface area contributed by atoms with E-state index in [1.165, 1.54) is 6.42 Å². The van der Waals surface area contributed by atoms with Gasteiger partial charge >= 0.3 is 5.97 Å². The van der Waals surface area contributed by atoms with Crippen LogP contribution in [0.2, 0.25) is 0 Å². The minimum Gasteiger partial charge on any atom is -0.456 e. The molecule has 0 saturated carbocycles. The summed E-state index contributed by atoms with van der Waals surface area (Å²) in [6.07, 6.45) is 4.07. The molecule has 0 amide bonds. The summed E-state index contributed by atoms with van der Waals surface area (Å²) in [6.45, 7) is 13.8. The van der Waals surface area contributed by atoms with Crippen LogP contribution < -0.4 is 0 Å². The van der Waals surface area contributed by atoms with Gasteiger partial charge < -0.3 is 4.74 Å². The minimum atomic E-state index is -0.328. The highest BCUT2D eigenvalue weighted by atomic mass is 16.6. The van der Waals surface area contributed by atoms with E-state index in [-0.39, 0.29) is 11.6 Å². The van der Waals surface area contributed by atoms with Crippen molar-refractivity contribution in [3.63, 3.8) is 0 Å². The molecule has 94 valence electrons. The summed E-state index contributed by atoms with van der Waals surface area (Å²) in [5.74, 6) is 0.437. The first kappa shape index (κ1) is 15.2. The van der Waals surface area contributed by atoms with Gasteiger partial charge in [-0.3, -0.25) is 0 Å². The van der Waals surface area contributed by atoms with Crippen molar-refractivity contribution in [2.75, 3.05) is 0 Å². The Hall–Kier alpha value is -0.790. The van der Waals surface area contributed by atoms with Gasteiger partial charge in [0.15, 0.2) is 0 Å². The monoisotopic (exact) mass is 226 g/mol. The maximum Gasteiger partial charge on any atom is 0.333 e. The Balaban J connectivity index is 4.20. The normalized spacial score (nSPS) is 14.6. The minimum absolute atomic E-state index is 0.270. The highest BCUT2D eigenvalue weighted by Gasteiger charge is 2.26. The van der Waals surface area contributed by atoms with E-state index < -0.39 is 0 Å². The third-order valence-corrected chi connectivity index (χ3v) is 2.92. The Kier molecular flexibility index (Phi) is 6.39. The van der Waals surface area contributed by atoms with Crippen LogP contribution in [-0.2, 0) is 9.53 Å². The first-order valence-corrected chi connectivity index (χ1v) is 6.19. The molecule has 0 saturated heterocycles. The molecular formula is C14H26O2. The number of ether oxygens (including phenoxy) is 1. The first-order valence-electron chi connectivity index (χ1n) is 6.19. The average Bonchev–Trinajstić information content (AvgIpc) is 2.16. The second kappa shape index (κ2) is 6.72. The fourth-order valence-electron chi connectivity index (χ4n) is 1.50. The predicted octanol–water partition coefficient (Wildman–Crippen LogP) is 4.10. The Bertz CT molecular complexity index is 243. The maximum absolute atomic E-state index is 11.5. The van der Waals surface area contributed by atoms with E-state index in [0.29, 0.717) is 11.5 Å². The van der Waals surface area contributed by atoms with E-state index in [9.17, 15) is 4.79 Å². The maximum atomic E-state index is 11.5. The van der Waals surface area contributed by atoms with Crippen LogP contribution in [0.25, 0.3) is 0 Å². The van der Waals surface area contributed by atoms with Crippen molar-refractivity contribution < 1.29 is 9.53 Å². The number of carbonyl (C=O) groups excluding carboxylic acids is 1. The molecule has 0 aromatic heterocycles. The molecular weight excluding hydrogens is 200 g/mol. The van der Waals surface area contributed by atoms with Crippen LogP contribution in [0.15, 0.2) is 12.2 Å². The second-order valence-electron chi connectivity index (χ2n) is 5.26. The summed E-state index contributed by atoms with van der Waals surface area (Å²) in [7, 11) is 0. The van der Waals surface area contributed by atoms with Crippen LogP contribution in [0.3, 0.4) is 0 Å². The van der Waals surface area contributed by atoms with Crippen LogP contribution in [0.5, 0.6) is 0 Å². The van der Waals surface area contributed by atoms with E-state index in [2.05, 4.69) is 27.4 Å². The van der Waals surface area contributed by atoms with Crippen LogP contribution in [-0.4, -0.2) is 11.6 Å². The third kappa shape index (κ3) is 5.94. The largest absolute Gasteiger partial charge is 0.456 e. The zero-order valence-electron chi connectivity index (χ0n) is 11.4. The summed E-state index contributed by atoms with van der Waals surface area (Å²) < 4.78 is 5.49. The molecule has 0 bridgehead atoms. The Morgan fingerprint density at radius 1 is 1.44 bits per heavy atom. The van der Waals surface area contributed by atoms with Gasteiger partial charge in [0, 0.05) is 5.57 Å². The topological polar surface area (TPSA) is 26.3 Å². The second-order valence-corrected chi connectivity index (χ2v) is 5.26. The molecule has 0 rings (SSSR count). The molecule has 0 aliphatic heterocycles. The van der Waals surface area contributed by atoms with Crippen LogP contribution in [0, 0.1) is 5.92 Å². The third-order valence-electron chi connectivity index (χ3n) is 2.92. The predicted molar refractivity (Wildman–Crippen MR) is 68.3 cm³/mol. The van der Waals surface area contributed by atoms with Gasteiger partial charge in [-0.15, -0.1) is 0 Å². The molecule has 0 aromatic carbocycles. The van der Waals surface area contributed by atoms with Crippen molar-refractivity contribution in [3.8, 4) is 0 Å². The zero-order valence-corrected chi connectivity index (χ0v) is 11.4. The number of rotatable bonds is 7. The molecule has 2 nitrogen and oxygen atoms in total. The van der Waals surface area contributed by atoms with Gasteiger partial charge in [0.05, 0.1) is 0 Å². The molecule has 2 heteroatoms. The highest BCUT2D eigenvalue weighted by molar-refractivity contribution is 5.87. The lowest BCUT2D eigenvalue weighted by atomic mass is 9.93. The fraction of sp³-hybridized carbons (Fsp3) is 0.786. The standard InChI is InChI=1S/C14H26O2/c1-7-14(6,10-8-9-11(2)3)16-13(15)12(4)5/h11H,4,7-10H2,1-3,5-6H3. The van der Waals surface area contributed by atoms with E-state index in [1.54, 1.807) is 6.92 Å². The van der Waals surface area contributed by atoms with E-state index in [4.69, 9.17) is 4.74 Å². The summed E-state index contributed by atoms with van der Waals surface area (Å²) >= 11 is 0. The van der Waals surface area contributed by atoms with Crippen LogP contribution >= 0.6 is 0 Å². The van der Waals surface area contributed by atoms with Gasteiger partial charge in [0.2, 0.25) is 0 Å². The number of carbonyl (C=O) groups is 1. The van der Waals surface area contributed by atoms with Crippen molar-refractivity contribution in [2.45, 2.75) is 65.9 Å². The van der Waals surface area contributed by atoms with E-state index >= 15 is 0 Å². The van der Waals surface area contributed by atoms with Gasteiger partial charge in [0.1, 0.15) is 5.60 Å². The molecule has 1 unspecified atom stereocenters. The van der Waals surface area contributed by atoms with Crippen LogP contribution in [0.1, 0.15) is 60.3 Å². The molecule has 0 fully saturated rings. The van der Waals surface area contributed by atoms with E-state index in [0.717, 1.165) is 19.3 Å².